The van der Waals surface area contributed by atoms with Crippen molar-refractivity contribution in [3.05, 3.63) is 93.8 Å². The van der Waals surface area contributed by atoms with Crippen molar-refractivity contribution in [3.63, 3.8) is 0 Å². The van der Waals surface area contributed by atoms with Crippen LogP contribution in [0.15, 0.2) is 65.2 Å². The van der Waals surface area contributed by atoms with Crippen molar-refractivity contribution in [2.24, 2.45) is 22.1 Å². The van der Waals surface area contributed by atoms with E-state index in [1.54, 1.807) is 26.5 Å². The first-order chi connectivity index (χ1) is 26.5. The van der Waals surface area contributed by atoms with Crippen molar-refractivity contribution in [2.75, 3.05) is 44.6 Å². The second-order valence-corrected chi connectivity index (χ2v) is 18.9. The summed E-state index contributed by atoms with van der Waals surface area (Å²) < 4.78 is 42.4. The molecule has 8 rings (SSSR count). The van der Waals surface area contributed by atoms with E-state index >= 15 is 0 Å². The first-order valence-electron chi connectivity index (χ1n) is 19.9. The number of rotatable bonds is 4. The Morgan fingerprint density at radius 1 is 1.09 bits per heavy atom. The van der Waals surface area contributed by atoms with E-state index in [1.807, 2.05) is 31.2 Å². The smallest absolute Gasteiger partial charge is 0.286 e. The molecule has 1 spiro atoms. The van der Waals surface area contributed by atoms with Gasteiger partial charge in [0.25, 0.3) is 11.8 Å². The van der Waals surface area contributed by atoms with Crippen LogP contribution in [0.3, 0.4) is 0 Å². The molecule has 0 radical (unpaired) electrons. The molecule has 1 aromatic heterocycles. The van der Waals surface area contributed by atoms with Crippen LogP contribution in [0.4, 0.5) is 5.69 Å². The van der Waals surface area contributed by atoms with Gasteiger partial charge in [0.05, 0.1) is 35.8 Å². The van der Waals surface area contributed by atoms with Crippen molar-refractivity contribution < 1.29 is 28.0 Å². The van der Waals surface area contributed by atoms with E-state index in [9.17, 15) is 13.8 Å². The maximum atomic E-state index is 14.8. The largest absolute Gasteiger partial charge is 0.490 e. The summed E-state index contributed by atoms with van der Waals surface area (Å²) >= 11 is 6.48. The maximum Gasteiger partial charge on any atom is 0.286 e. The lowest BCUT2D eigenvalue weighted by Crippen LogP contribution is -2.49. The van der Waals surface area contributed by atoms with E-state index in [0.717, 1.165) is 81.0 Å². The summed E-state index contributed by atoms with van der Waals surface area (Å²) in [7, 11) is -0.0568. The number of fused-ring (bicyclic) bond motifs is 5. The first-order valence-corrected chi connectivity index (χ1v) is 21.9. The Morgan fingerprint density at radius 3 is 2.76 bits per heavy atom. The Labute approximate surface area is 330 Å². The summed E-state index contributed by atoms with van der Waals surface area (Å²) in [4.78, 5) is 30.4. The average Bonchev–Trinajstić information content (AvgIpc) is 3.36. The summed E-state index contributed by atoms with van der Waals surface area (Å²) in [5.74, 6) is 0.174. The monoisotopic (exact) mass is 788 g/mol. The van der Waals surface area contributed by atoms with E-state index in [1.165, 1.54) is 11.1 Å². The van der Waals surface area contributed by atoms with Crippen LogP contribution in [0.1, 0.15) is 89.4 Å². The maximum absolute atomic E-state index is 14.8. The van der Waals surface area contributed by atoms with Crippen LogP contribution < -0.4 is 14.4 Å². The lowest BCUT2D eigenvalue weighted by molar-refractivity contribution is 0.0131. The van der Waals surface area contributed by atoms with Crippen molar-refractivity contribution in [1.29, 1.82) is 0 Å². The number of anilines is 1. The summed E-state index contributed by atoms with van der Waals surface area (Å²) in [6, 6.07) is 13.5. The van der Waals surface area contributed by atoms with Gasteiger partial charge in [0.15, 0.2) is 0 Å². The molecular formula is C43H53ClN4O6S. The number of carbonyl (C=O) groups is 2. The molecule has 294 valence electrons. The molecule has 3 aliphatic heterocycles. The minimum absolute atomic E-state index is 0.0178. The fraction of sp³-hybridized carbons (Fsp3) is 0.535. The number of nitrogens with zero attached hydrogens (tertiary/aromatic N) is 3. The molecule has 12 heteroatoms. The molecule has 10 nitrogen and oxygen atoms in total. The second-order valence-electron chi connectivity index (χ2n) is 16.5. The van der Waals surface area contributed by atoms with Crippen molar-refractivity contribution in [3.8, 4) is 5.75 Å². The van der Waals surface area contributed by atoms with Crippen molar-refractivity contribution in [2.45, 2.75) is 88.9 Å². The van der Waals surface area contributed by atoms with Crippen molar-refractivity contribution in [1.82, 2.24) is 9.29 Å². The summed E-state index contributed by atoms with van der Waals surface area (Å²) in [6.07, 6.45) is 14.4. The number of methoxy groups -OCH3 is 2. The molecule has 2 unspecified atom stereocenters. The Morgan fingerprint density at radius 2 is 1.96 bits per heavy atom. The van der Waals surface area contributed by atoms with Crippen LogP contribution in [-0.2, 0) is 44.2 Å². The summed E-state index contributed by atoms with van der Waals surface area (Å²) in [6.45, 7) is 4.76. The predicted octanol–water partition coefficient (Wildman–Crippen LogP) is 7.56. The number of nitrogens with one attached hydrogen (secondary N) is 1. The zero-order valence-corrected chi connectivity index (χ0v) is 33.7. The van der Waals surface area contributed by atoms with Crippen LogP contribution in [0, 0.1) is 17.8 Å². The van der Waals surface area contributed by atoms with Gasteiger partial charge in [0, 0.05) is 68.2 Å². The summed E-state index contributed by atoms with van der Waals surface area (Å²) in [5, 5.41) is 0.743. The molecule has 5 aliphatic rings. The molecule has 7 atom stereocenters. The number of allylic oxidation sites excluding steroid dienone is 1. The van der Waals surface area contributed by atoms with Gasteiger partial charge in [-0.3, -0.25) is 14.3 Å². The van der Waals surface area contributed by atoms with Gasteiger partial charge >= 0.3 is 0 Å². The zero-order chi connectivity index (χ0) is 38.3. The number of benzene rings is 2. The third kappa shape index (κ3) is 7.87. The Hall–Kier alpha value is -3.64. The highest BCUT2D eigenvalue weighted by Gasteiger charge is 2.44. The third-order valence-corrected chi connectivity index (χ3v) is 14.9. The number of hydrogen-bond acceptors (Lipinski definition) is 7. The lowest BCUT2D eigenvalue weighted by Gasteiger charge is -2.46. The molecule has 1 saturated carbocycles. The Bertz CT molecular complexity index is 2110. The molecule has 0 saturated heterocycles. The van der Waals surface area contributed by atoms with Gasteiger partial charge in [-0.05, 0) is 117 Å². The van der Waals surface area contributed by atoms with Crippen LogP contribution in [0.25, 0.3) is 0 Å². The van der Waals surface area contributed by atoms with Gasteiger partial charge in [-0.15, -0.1) is 4.36 Å². The van der Waals surface area contributed by atoms with E-state index in [2.05, 4.69) is 42.8 Å². The quantitative estimate of drug-likeness (QED) is 0.272. The number of halogens is 1. The fourth-order valence-corrected chi connectivity index (χ4v) is 11.7. The van der Waals surface area contributed by atoms with Gasteiger partial charge in [-0.2, -0.15) is 0 Å². The van der Waals surface area contributed by atoms with E-state index in [-0.39, 0.29) is 29.3 Å². The molecule has 2 amide bonds. The average molecular weight is 789 g/mol. The molecule has 2 aliphatic carbocycles. The fourth-order valence-electron chi connectivity index (χ4n) is 9.66. The molecule has 4 heterocycles. The molecule has 55 heavy (non-hydrogen) atoms. The highest BCUT2D eigenvalue weighted by atomic mass is 35.5. The van der Waals surface area contributed by atoms with E-state index in [4.69, 9.17) is 25.8 Å². The van der Waals surface area contributed by atoms with Crippen LogP contribution in [-0.4, -0.2) is 72.5 Å². The number of aryl methyl sites for hydroxylation is 2. The van der Waals surface area contributed by atoms with Gasteiger partial charge < -0.3 is 23.7 Å². The van der Waals surface area contributed by atoms with Gasteiger partial charge in [0.1, 0.15) is 15.7 Å². The minimum Gasteiger partial charge on any atom is -0.490 e. The van der Waals surface area contributed by atoms with Crippen LogP contribution in [0.2, 0.25) is 5.02 Å². The molecular weight excluding hydrogens is 736 g/mol. The highest BCUT2D eigenvalue weighted by molar-refractivity contribution is 7.92. The standard InChI is InChI=1S/C43H53ClN4O6S/c1-28-7-4-10-39(53-3)36-14-11-31(36)23-48-26-43(17-5-8-29-19-33(44)13-15-37(29)43)27-54-40-16-12-30(21-38(40)48)41(49)45-55(51,25-28)46-42(50)32-20-34-22-35(52-2)9-6-18-47(34)24-32/h4,10,12-13,15-16,19-21,24,28,31,35-36,39H,5-9,11,14,17-18,22-23,25-27H2,1-3H3,(H,45,46,49,50,51)/b10-4-/t28-,31-,35?,36+,39-,43-,55?/m0/s1. The molecule has 1 N–H and O–H groups in total. The number of ether oxygens (including phenoxy) is 3. The van der Waals surface area contributed by atoms with Crippen molar-refractivity contribution >= 4 is 39.0 Å². The molecule has 3 aromatic rings. The van der Waals surface area contributed by atoms with Gasteiger partial charge in [-0.25, -0.2) is 4.21 Å². The third-order valence-electron chi connectivity index (χ3n) is 12.7. The number of aromatic nitrogens is 1. The van der Waals surface area contributed by atoms with E-state index in [0.29, 0.717) is 48.2 Å². The minimum atomic E-state index is -3.54. The Kier molecular flexibility index (Phi) is 10.9. The van der Waals surface area contributed by atoms with Crippen LogP contribution >= 0.6 is 11.6 Å². The summed E-state index contributed by atoms with van der Waals surface area (Å²) in [5.41, 5.74) is 4.81. The zero-order valence-electron chi connectivity index (χ0n) is 32.1. The number of amides is 2. The second kappa shape index (κ2) is 15.7. The van der Waals surface area contributed by atoms with Gasteiger partial charge in [0.2, 0.25) is 0 Å². The SMILES string of the molecule is COC1CCCn2cc(C(=O)NS3(=O)=NC(=O)c4ccc5c(c4)N(C[C@@H]4CC[C@H]4[C@@H](OC)/C=C\C[C@H](C)C3)C[C@@]3(CCCc4cc(Cl)ccc43)CO5)cc2C1. The number of hydrogen-bond donors (Lipinski definition) is 1. The molecule has 2 aromatic carbocycles. The first kappa shape index (κ1) is 38.2. The molecule has 1 fully saturated rings. The normalized spacial score (nSPS) is 31.3. The predicted molar refractivity (Wildman–Crippen MR) is 216 cm³/mol. The van der Waals surface area contributed by atoms with E-state index < -0.39 is 21.7 Å². The topological polar surface area (TPSA) is 111 Å². The lowest BCUT2D eigenvalue weighted by atomic mass is 9.68. The molecule has 2 bridgehead atoms. The van der Waals surface area contributed by atoms with Crippen LogP contribution in [0.5, 0.6) is 5.75 Å². The highest BCUT2D eigenvalue weighted by Crippen LogP contribution is 2.47. The Balaban J connectivity index is 1.16. The van der Waals surface area contributed by atoms with Gasteiger partial charge in [-0.1, -0.05) is 36.7 Å². The number of carbonyl (C=O) groups excluding carboxylic acids is 2.